The number of hydrogen-bond donors (Lipinski definition) is 1. The van der Waals surface area contributed by atoms with Gasteiger partial charge in [-0.1, -0.05) is 23.2 Å². The molecule has 1 N–H and O–H groups in total. The van der Waals surface area contributed by atoms with Crippen molar-refractivity contribution in [2.75, 3.05) is 7.11 Å². The van der Waals surface area contributed by atoms with Crippen LogP contribution >= 0.6 is 23.2 Å². The van der Waals surface area contributed by atoms with E-state index in [-0.39, 0.29) is 30.1 Å². The second-order valence-electron chi connectivity index (χ2n) is 7.72. The van der Waals surface area contributed by atoms with Crippen molar-refractivity contribution in [3.05, 3.63) is 66.5 Å². The number of ether oxygens (including phenoxy) is 1. The van der Waals surface area contributed by atoms with E-state index in [1.807, 2.05) is 0 Å². The largest absolute Gasteiger partial charge is 0.494 e. The predicted molar refractivity (Wildman–Crippen MR) is 118 cm³/mol. The monoisotopic (exact) mass is 465 g/mol. The average Bonchev–Trinajstić information content (AvgIpc) is 2.99. The summed E-state index contributed by atoms with van der Waals surface area (Å²) in [4.78, 5) is 24.3. The molecule has 31 heavy (non-hydrogen) atoms. The van der Waals surface area contributed by atoms with Gasteiger partial charge in [-0.3, -0.25) is 19.2 Å². The van der Waals surface area contributed by atoms with Crippen molar-refractivity contribution in [2.45, 2.75) is 44.4 Å². The van der Waals surface area contributed by atoms with Gasteiger partial charge in [-0.2, -0.15) is 0 Å². The molecule has 1 aliphatic carbocycles. The quantitative estimate of drug-likeness (QED) is 0.439. The first-order chi connectivity index (χ1) is 14.8. The first-order valence-corrected chi connectivity index (χ1v) is 10.6. The summed E-state index contributed by atoms with van der Waals surface area (Å²) in [5, 5.41) is 21.8. The molecule has 0 unspecified atom stereocenters. The molecule has 8 nitrogen and oxygen atoms in total. The Morgan fingerprint density at radius 2 is 1.77 bits per heavy atom. The van der Waals surface area contributed by atoms with Gasteiger partial charge in [-0.25, -0.2) is 4.79 Å². The first kappa shape index (κ1) is 21.7. The molecule has 0 spiro atoms. The molecule has 0 saturated heterocycles. The Morgan fingerprint density at radius 1 is 1.13 bits per heavy atom. The van der Waals surface area contributed by atoms with E-state index in [0.717, 1.165) is 0 Å². The lowest BCUT2D eigenvalue weighted by Gasteiger charge is -2.26. The van der Waals surface area contributed by atoms with E-state index in [2.05, 4.69) is 0 Å². The maximum Gasteiger partial charge on any atom is 0.329 e. The van der Waals surface area contributed by atoms with Crippen molar-refractivity contribution >= 4 is 39.9 Å². The molecule has 1 saturated carbocycles. The number of aromatic nitrogens is 2. The van der Waals surface area contributed by atoms with E-state index in [1.54, 1.807) is 22.8 Å². The molecule has 0 bridgehead atoms. The Balaban J connectivity index is 1.85. The van der Waals surface area contributed by atoms with Crippen LogP contribution in [0.25, 0.3) is 11.0 Å². The zero-order valence-corrected chi connectivity index (χ0v) is 18.3. The molecular weight excluding hydrogens is 445 g/mol. The SMILES string of the molecule is COc1c(Cl)cc(Cn2c(=O)n(C3CCC(O)CC3)c3ccc([N+](=O)[O-])cc32)cc1Cl. The highest BCUT2D eigenvalue weighted by molar-refractivity contribution is 6.37. The lowest BCUT2D eigenvalue weighted by Crippen LogP contribution is -2.31. The van der Waals surface area contributed by atoms with Crippen molar-refractivity contribution in [1.82, 2.24) is 9.13 Å². The second-order valence-corrected chi connectivity index (χ2v) is 8.54. The number of benzene rings is 2. The fraction of sp³-hybridized carbons (Fsp3) is 0.381. The summed E-state index contributed by atoms with van der Waals surface area (Å²) in [6.45, 7) is 0.141. The van der Waals surface area contributed by atoms with Gasteiger partial charge in [-0.05, 0) is 49.4 Å². The number of aliphatic hydroxyl groups is 1. The second kappa shape index (κ2) is 8.53. The Kier molecular flexibility index (Phi) is 5.96. The van der Waals surface area contributed by atoms with Crippen LogP contribution in [0.5, 0.6) is 5.75 Å². The van der Waals surface area contributed by atoms with Crippen LogP contribution in [0.2, 0.25) is 10.0 Å². The number of nitro benzene ring substituents is 1. The zero-order chi connectivity index (χ0) is 22.3. The zero-order valence-electron chi connectivity index (χ0n) is 16.8. The summed E-state index contributed by atoms with van der Waals surface area (Å²) < 4.78 is 8.37. The summed E-state index contributed by atoms with van der Waals surface area (Å²) >= 11 is 12.5. The van der Waals surface area contributed by atoms with E-state index < -0.39 is 4.92 Å². The number of halogens is 2. The maximum atomic E-state index is 13.5. The van der Waals surface area contributed by atoms with Gasteiger partial charge in [0.25, 0.3) is 5.69 Å². The number of methoxy groups -OCH3 is 1. The van der Waals surface area contributed by atoms with E-state index in [9.17, 15) is 20.0 Å². The summed E-state index contributed by atoms with van der Waals surface area (Å²) in [5.41, 5.74) is 1.40. The molecular formula is C21H21Cl2N3O5. The molecule has 0 amide bonds. The van der Waals surface area contributed by atoms with Crippen LogP contribution in [-0.2, 0) is 6.54 Å². The fourth-order valence-corrected chi connectivity index (χ4v) is 4.97. The maximum absolute atomic E-state index is 13.5. The van der Waals surface area contributed by atoms with Gasteiger partial charge in [0.2, 0.25) is 0 Å². The third kappa shape index (κ3) is 4.03. The third-order valence-electron chi connectivity index (χ3n) is 5.79. The van der Waals surface area contributed by atoms with Gasteiger partial charge < -0.3 is 9.84 Å². The number of fused-ring (bicyclic) bond motifs is 1. The number of rotatable bonds is 5. The minimum absolute atomic E-state index is 0.0795. The molecule has 2 aromatic carbocycles. The fourth-order valence-electron chi connectivity index (χ4n) is 4.28. The van der Waals surface area contributed by atoms with Crippen molar-refractivity contribution in [1.29, 1.82) is 0 Å². The number of aliphatic hydroxyl groups excluding tert-OH is 1. The van der Waals surface area contributed by atoms with Gasteiger partial charge in [0, 0.05) is 18.2 Å². The van der Waals surface area contributed by atoms with Gasteiger partial charge in [-0.15, -0.1) is 0 Å². The molecule has 1 aliphatic rings. The van der Waals surface area contributed by atoms with E-state index in [4.69, 9.17) is 27.9 Å². The first-order valence-electron chi connectivity index (χ1n) is 9.89. The van der Waals surface area contributed by atoms with Crippen molar-refractivity contribution < 1.29 is 14.8 Å². The molecule has 1 heterocycles. The molecule has 1 aromatic heterocycles. The molecule has 1 fully saturated rings. The lowest BCUT2D eigenvalue weighted by molar-refractivity contribution is -0.384. The van der Waals surface area contributed by atoms with E-state index >= 15 is 0 Å². The number of imidazole rings is 1. The van der Waals surface area contributed by atoms with Crippen molar-refractivity contribution in [2.24, 2.45) is 0 Å². The highest BCUT2D eigenvalue weighted by atomic mass is 35.5. The van der Waals surface area contributed by atoms with Crippen LogP contribution in [0, 0.1) is 10.1 Å². The Morgan fingerprint density at radius 3 is 2.35 bits per heavy atom. The van der Waals surface area contributed by atoms with Crippen LogP contribution in [0.3, 0.4) is 0 Å². The van der Waals surface area contributed by atoms with Crippen LogP contribution in [-0.4, -0.2) is 32.4 Å². The summed E-state index contributed by atoms with van der Waals surface area (Å²) in [6, 6.07) is 7.68. The number of nitro groups is 1. The van der Waals surface area contributed by atoms with E-state index in [0.29, 0.717) is 58.1 Å². The smallest absolute Gasteiger partial charge is 0.329 e. The molecule has 164 valence electrons. The van der Waals surface area contributed by atoms with Crippen molar-refractivity contribution in [3.8, 4) is 5.75 Å². The normalized spacial score (nSPS) is 19.0. The van der Waals surface area contributed by atoms with E-state index in [1.165, 1.54) is 23.8 Å². The molecule has 0 atom stereocenters. The van der Waals surface area contributed by atoms with Gasteiger partial charge in [0.1, 0.15) is 0 Å². The third-order valence-corrected chi connectivity index (χ3v) is 6.35. The molecule has 4 rings (SSSR count). The topological polar surface area (TPSA) is 99.5 Å². The summed E-state index contributed by atoms with van der Waals surface area (Å²) in [7, 11) is 1.46. The van der Waals surface area contributed by atoms with Crippen LogP contribution in [0.15, 0.2) is 35.1 Å². The highest BCUT2D eigenvalue weighted by Crippen LogP contribution is 2.35. The summed E-state index contributed by atoms with van der Waals surface area (Å²) in [6.07, 6.45) is 2.19. The highest BCUT2D eigenvalue weighted by Gasteiger charge is 2.26. The standard InChI is InChI=1S/C21H21Cl2N3O5/c1-31-20-16(22)8-12(9-17(20)23)11-24-19-10-14(26(29)30)4-7-18(19)25(21(24)28)13-2-5-15(27)6-3-13/h4,7-10,13,15,27H,2-3,5-6,11H2,1H3. The molecule has 10 heteroatoms. The average molecular weight is 466 g/mol. The number of non-ortho nitro benzene ring substituents is 1. The van der Waals surface area contributed by atoms with Gasteiger partial charge in [0.15, 0.2) is 5.75 Å². The van der Waals surface area contributed by atoms with Gasteiger partial charge in [0.05, 0.1) is 45.8 Å². The van der Waals surface area contributed by atoms with Crippen LogP contribution in [0.1, 0.15) is 37.3 Å². The molecule has 3 aromatic rings. The summed E-state index contributed by atoms with van der Waals surface area (Å²) in [5.74, 6) is 0.346. The van der Waals surface area contributed by atoms with Crippen LogP contribution < -0.4 is 10.4 Å². The molecule has 0 aliphatic heterocycles. The number of nitrogens with zero attached hydrogens (tertiary/aromatic N) is 3. The minimum atomic E-state index is -0.482. The predicted octanol–water partition coefficient (Wildman–Crippen LogP) is 4.55. The van der Waals surface area contributed by atoms with Crippen LogP contribution in [0.4, 0.5) is 5.69 Å². The van der Waals surface area contributed by atoms with Crippen molar-refractivity contribution in [3.63, 3.8) is 0 Å². The number of hydrogen-bond acceptors (Lipinski definition) is 5. The Labute approximate surface area is 187 Å². The Bertz CT molecular complexity index is 1190. The van der Waals surface area contributed by atoms with Gasteiger partial charge >= 0.3 is 5.69 Å². The molecule has 0 radical (unpaired) electrons. The Hall–Kier alpha value is -2.55. The lowest BCUT2D eigenvalue weighted by atomic mass is 9.93. The minimum Gasteiger partial charge on any atom is -0.494 e.